The highest BCUT2D eigenvalue weighted by molar-refractivity contribution is 5.93. The van der Waals surface area contributed by atoms with Gasteiger partial charge in [0, 0.05) is 0 Å². The first-order valence-electron chi connectivity index (χ1n) is 5.63. The first-order chi connectivity index (χ1) is 8.02. The highest BCUT2D eigenvalue weighted by Gasteiger charge is 2.12. The number of aliphatic carboxylic acids is 1. The molecule has 0 aromatic heterocycles. The average Bonchev–Trinajstić information content (AvgIpc) is 2.28. The molecule has 0 saturated carbocycles. The van der Waals surface area contributed by atoms with Crippen molar-refractivity contribution in [3.63, 3.8) is 0 Å². The zero-order valence-electron chi connectivity index (χ0n) is 10.1. The third kappa shape index (κ3) is 4.26. The summed E-state index contributed by atoms with van der Waals surface area (Å²) in [6.07, 6.45) is 0.484. The van der Waals surface area contributed by atoms with E-state index in [1.165, 1.54) is 5.56 Å². The number of amides is 1. The summed E-state index contributed by atoms with van der Waals surface area (Å²) in [5.41, 5.74) is 2.21. The van der Waals surface area contributed by atoms with Gasteiger partial charge in [0.05, 0.1) is 6.04 Å². The van der Waals surface area contributed by atoms with E-state index in [2.05, 4.69) is 12.2 Å². The molecule has 0 saturated heterocycles. The van der Waals surface area contributed by atoms with Gasteiger partial charge in [-0.1, -0.05) is 31.2 Å². The molecular weight excluding hydrogens is 218 g/mol. The summed E-state index contributed by atoms with van der Waals surface area (Å²) in [5.74, 6) is -1.58. The molecule has 1 aromatic carbocycles. The number of carboxylic acid groups (broad SMARTS) is 1. The number of nitrogens with one attached hydrogen (secondary N) is 1. The molecule has 0 bridgehead atoms. The highest BCUT2D eigenvalue weighted by Crippen LogP contribution is 2.13. The van der Waals surface area contributed by atoms with Crippen LogP contribution >= 0.6 is 0 Å². The minimum atomic E-state index is -1.11. The van der Waals surface area contributed by atoms with Gasteiger partial charge in [-0.3, -0.25) is 9.59 Å². The molecule has 0 fully saturated rings. The summed E-state index contributed by atoms with van der Waals surface area (Å²) in [4.78, 5) is 21.6. The largest absolute Gasteiger partial charge is 0.481 e. The summed E-state index contributed by atoms with van der Waals surface area (Å²) < 4.78 is 0. The molecule has 0 spiro atoms. The Morgan fingerprint density at radius 2 is 1.88 bits per heavy atom. The normalized spacial score (nSPS) is 11.9. The van der Waals surface area contributed by atoms with Gasteiger partial charge in [0.15, 0.2) is 0 Å². The molecule has 0 aliphatic heterocycles. The van der Waals surface area contributed by atoms with Crippen LogP contribution < -0.4 is 5.32 Å². The molecule has 0 heterocycles. The monoisotopic (exact) mass is 235 g/mol. The van der Waals surface area contributed by atoms with Crippen molar-refractivity contribution in [2.24, 2.45) is 0 Å². The van der Waals surface area contributed by atoms with Crippen molar-refractivity contribution in [2.45, 2.75) is 32.7 Å². The van der Waals surface area contributed by atoms with Crippen LogP contribution in [-0.4, -0.2) is 17.0 Å². The Balaban J connectivity index is 2.59. The fourth-order valence-corrected chi connectivity index (χ4v) is 1.56. The first kappa shape index (κ1) is 13.2. The molecule has 4 nitrogen and oxygen atoms in total. The van der Waals surface area contributed by atoms with Gasteiger partial charge in [-0.25, -0.2) is 0 Å². The van der Waals surface area contributed by atoms with Crippen molar-refractivity contribution in [1.29, 1.82) is 0 Å². The Morgan fingerprint density at radius 1 is 1.29 bits per heavy atom. The van der Waals surface area contributed by atoms with E-state index in [4.69, 9.17) is 5.11 Å². The Hall–Kier alpha value is -1.84. The number of rotatable bonds is 5. The minimum absolute atomic E-state index is 0.173. The molecule has 2 N–H and O–H groups in total. The number of benzene rings is 1. The number of hydrogen-bond donors (Lipinski definition) is 2. The van der Waals surface area contributed by atoms with Gasteiger partial charge < -0.3 is 10.4 Å². The maximum atomic E-state index is 11.3. The van der Waals surface area contributed by atoms with Crippen LogP contribution in [0, 0.1) is 0 Å². The highest BCUT2D eigenvalue weighted by atomic mass is 16.4. The van der Waals surface area contributed by atoms with Crippen molar-refractivity contribution in [1.82, 2.24) is 5.32 Å². The predicted molar refractivity (Wildman–Crippen MR) is 64.6 cm³/mol. The second-order valence-corrected chi connectivity index (χ2v) is 3.95. The van der Waals surface area contributed by atoms with Crippen molar-refractivity contribution in [2.75, 3.05) is 0 Å². The molecule has 1 rings (SSSR count). The van der Waals surface area contributed by atoms with Gasteiger partial charge in [0.1, 0.15) is 6.42 Å². The Bertz CT molecular complexity index is 398. The number of hydrogen-bond acceptors (Lipinski definition) is 2. The van der Waals surface area contributed by atoms with E-state index in [-0.39, 0.29) is 6.04 Å². The topological polar surface area (TPSA) is 66.4 Å². The lowest BCUT2D eigenvalue weighted by molar-refractivity contribution is -0.140. The molecule has 17 heavy (non-hydrogen) atoms. The molecule has 1 aromatic rings. The molecule has 4 heteroatoms. The van der Waals surface area contributed by atoms with E-state index < -0.39 is 18.3 Å². The molecule has 0 aliphatic rings. The summed E-state index contributed by atoms with van der Waals surface area (Å²) in [5, 5.41) is 11.1. The van der Waals surface area contributed by atoms with Crippen molar-refractivity contribution < 1.29 is 14.7 Å². The Morgan fingerprint density at radius 3 is 2.35 bits per heavy atom. The quantitative estimate of drug-likeness (QED) is 0.766. The van der Waals surface area contributed by atoms with E-state index >= 15 is 0 Å². The third-order valence-electron chi connectivity index (χ3n) is 2.58. The van der Waals surface area contributed by atoms with Crippen LogP contribution in [-0.2, 0) is 16.0 Å². The van der Waals surface area contributed by atoms with Crippen LogP contribution in [0.5, 0.6) is 0 Å². The fourth-order valence-electron chi connectivity index (χ4n) is 1.56. The number of carbonyl (C=O) groups excluding carboxylic acids is 1. The minimum Gasteiger partial charge on any atom is -0.481 e. The van der Waals surface area contributed by atoms with E-state index in [1.807, 2.05) is 31.2 Å². The van der Waals surface area contributed by atoms with Crippen LogP contribution in [0.4, 0.5) is 0 Å². The molecule has 92 valence electrons. The molecule has 0 aliphatic carbocycles. The standard InChI is InChI=1S/C13H17NO3/c1-3-10-4-6-11(7-5-10)9(2)14-12(15)8-13(16)17/h4-7,9H,3,8H2,1-2H3,(H,14,15)(H,16,17). The van der Waals surface area contributed by atoms with Crippen molar-refractivity contribution in [3.8, 4) is 0 Å². The van der Waals surface area contributed by atoms with E-state index in [1.54, 1.807) is 0 Å². The first-order valence-corrected chi connectivity index (χ1v) is 5.63. The second-order valence-electron chi connectivity index (χ2n) is 3.95. The molecule has 1 unspecified atom stereocenters. The SMILES string of the molecule is CCc1ccc(C(C)NC(=O)CC(=O)O)cc1. The number of carboxylic acids is 1. The van der Waals surface area contributed by atoms with E-state index in [9.17, 15) is 9.59 Å². The zero-order valence-corrected chi connectivity index (χ0v) is 10.1. The Kier molecular flexibility index (Phi) is 4.69. The summed E-state index contributed by atoms with van der Waals surface area (Å²) >= 11 is 0. The second kappa shape index (κ2) is 6.03. The molecular formula is C13H17NO3. The number of carbonyl (C=O) groups is 2. The summed E-state index contributed by atoms with van der Waals surface area (Å²) in [6.45, 7) is 3.91. The maximum absolute atomic E-state index is 11.3. The van der Waals surface area contributed by atoms with Crippen LogP contribution in [0.25, 0.3) is 0 Å². The maximum Gasteiger partial charge on any atom is 0.312 e. The van der Waals surface area contributed by atoms with Crippen LogP contribution in [0.2, 0.25) is 0 Å². The van der Waals surface area contributed by atoms with Gasteiger partial charge >= 0.3 is 5.97 Å². The van der Waals surface area contributed by atoms with Crippen LogP contribution in [0.3, 0.4) is 0 Å². The van der Waals surface area contributed by atoms with Crippen LogP contribution in [0.15, 0.2) is 24.3 Å². The van der Waals surface area contributed by atoms with Crippen LogP contribution in [0.1, 0.15) is 37.4 Å². The summed E-state index contributed by atoms with van der Waals surface area (Å²) in [6, 6.07) is 7.74. The average molecular weight is 235 g/mol. The van der Waals surface area contributed by atoms with Crippen molar-refractivity contribution >= 4 is 11.9 Å². The lowest BCUT2D eigenvalue weighted by Gasteiger charge is -2.14. The Labute approximate surface area is 101 Å². The molecule has 1 amide bonds. The van der Waals surface area contributed by atoms with Gasteiger partial charge in [-0.05, 0) is 24.5 Å². The van der Waals surface area contributed by atoms with Gasteiger partial charge in [-0.2, -0.15) is 0 Å². The lowest BCUT2D eigenvalue weighted by atomic mass is 10.0. The molecule has 0 radical (unpaired) electrons. The smallest absolute Gasteiger partial charge is 0.312 e. The van der Waals surface area contributed by atoms with Crippen molar-refractivity contribution in [3.05, 3.63) is 35.4 Å². The lowest BCUT2D eigenvalue weighted by Crippen LogP contribution is -2.28. The third-order valence-corrected chi connectivity index (χ3v) is 2.58. The predicted octanol–water partition coefficient (Wildman–Crippen LogP) is 1.90. The fraction of sp³-hybridized carbons (Fsp3) is 0.385. The summed E-state index contributed by atoms with van der Waals surface area (Å²) in [7, 11) is 0. The van der Waals surface area contributed by atoms with Gasteiger partial charge in [-0.15, -0.1) is 0 Å². The van der Waals surface area contributed by atoms with E-state index in [0.717, 1.165) is 12.0 Å². The van der Waals surface area contributed by atoms with E-state index in [0.29, 0.717) is 0 Å². The van der Waals surface area contributed by atoms with Gasteiger partial charge in [0.2, 0.25) is 5.91 Å². The zero-order chi connectivity index (χ0) is 12.8. The molecule has 1 atom stereocenters. The van der Waals surface area contributed by atoms with Gasteiger partial charge in [0.25, 0.3) is 0 Å². The number of aryl methyl sites for hydroxylation is 1.